The van der Waals surface area contributed by atoms with Crippen LogP contribution in [0.1, 0.15) is 17.3 Å². The summed E-state index contributed by atoms with van der Waals surface area (Å²) in [5.41, 5.74) is 1.37. The van der Waals surface area contributed by atoms with Gasteiger partial charge in [-0.15, -0.1) is 0 Å². The SMILES string of the molecule is CCOc1cccc(C(=O)Nc2ccccc2)c1. The summed E-state index contributed by atoms with van der Waals surface area (Å²) in [6.45, 7) is 2.50. The van der Waals surface area contributed by atoms with E-state index in [1.165, 1.54) is 0 Å². The second-order valence-electron chi connectivity index (χ2n) is 3.78. The van der Waals surface area contributed by atoms with Gasteiger partial charge in [0.2, 0.25) is 0 Å². The average molecular weight is 241 g/mol. The van der Waals surface area contributed by atoms with E-state index >= 15 is 0 Å². The summed E-state index contributed by atoms with van der Waals surface area (Å²) in [5, 5.41) is 2.83. The molecule has 0 aliphatic carbocycles. The first-order chi connectivity index (χ1) is 8.79. The molecule has 0 saturated heterocycles. The molecule has 92 valence electrons. The zero-order valence-electron chi connectivity index (χ0n) is 10.2. The monoisotopic (exact) mass is 241 g/mol. The van der Waals surface area contributed by atoms with E-state index in [9.17, 15) is 4.79 Å². The van der Waals surface area contributed by atoms with Gasteiger partial charge in [-0.25, -0.2) is 0 Å². The first-order valence-corrected chi connectivity index (χ1v) is 5.89. The van der Waals surface area contributed by atoms with E-state index < -0.39 is 0 Å². The van der Waals surface area contributed by atoms with Crippen molar-refractivity contribution >= 4 is 11.6 Å². The van der Waals surface area contributed by atoms with Gasteiger partial charge in [0.1, 0.15) is 5.75 Å². The second-order valence-corrected chi connectivity index (χ2v) is 3.78. The second kappa shape index (κ2) is 5.87. The van der Waals surface area contributed by atoms with Crippen molar-refractivity contribution in [1.82, 2.24) is 0 Å². The molecule has 3 heteroatoms. The molecule has 1 amide bonds. The number of amides is 1. The van der Waals surface area contributed by atoms with E-state index in [2.05, 4.69) is 5.32 Å². The molecule has 0 spiro atoms. The van der Waals surface area contributed by atoms with Crippen LogP contribution in [-0.4, -0.2) is 12.5 Å². The molecule has 3 nitrogen and oxygen atoms in total. The Kier molecular flexibility index (Phi) is 3.97. The van der Waals surface area contributed by atoms with Gasteiger partial charge >= 0.3 is 0 Å². The standard InChI is InChI=1S/C15H15NO2/c1-2-18-14-10-6-7-12(11-14)15(17)16-13-8-4-3-5-9-13/h3-11H,2H2,1H3,(H,16,17). The van der Waals surface area contributed by atoms with Crippen molar-refractivity contribution in [3.05, 3.63) is 60.2 Å². The van der Waals surface area contributed by atoms with Gasteiger partial charge in [-0.05, 0) is 37.3 Å². The lowest BCUT2D eigenvalue weighted by molar-refractivity contribution is 0.102. The molecule has 0 aromatic heterocycles. The Bertz CT molecular complexity index is 523. The van der Waals surface area contributed by atoms with Crippen molar-refractivity contribution < 1.29 is 9.53 Å². The van der Waals surface area contributed by atoms with Crippen LogP contribution >= 0.6 is 0 Å². The summed E-state index contributed by atoms with van der Waals surface area (Å²) >= 11 is 0. The minimum atomic E-state index is -0.136. The predicted octanol–water partition coefficient (Wildman–Crippen LogP) is 3.34. The van der Waals surface area contributed by atoms with Crippen LogP contribution in [0.3, 0.4) is 0 Å². The molecule has 2 rings (SSSR count). The third-order valence-electron chi connectivity index (χ3n) is 2.44. The quantitative estimate of drug-likeness (QED) is 0.891. The van der Waals surface area contributed by atoms with Crippen molar-refractivity contribution in [1.29, 1.82) is 0 Å². The Labute approximate surface area is 106 Å². The van der Waals surface area contributed by atoms with Crippen molar-refractivity contribution in [3.63, 3.8) is 0 Å². The van der Waals surface area contributed by atoms with Gasteiger partial charge in [0, 0.05) is 11.3 Å². The zero-order chi connectivity index (χ0) is 12.8. The fourth-order valence-corrected chi connectivity index (χ4v) is 1.62. The van der Waals surface area contributed by atoms with Crippen LogP contribution in [-0.2, 0) is 0 Å². The predicted molar refractivity (Wildman–Crippen MR) is 72.0 cm³/mol. The number of nitrogens with one attached hydrogen (secondary N) is 1. The number of benzene rings is 2. The van der Waals surface area contributed by atoms with Crippen molar-refractivity contribution in [3.8, 4) is 5.75 Å². The maximum atomic E-state index is 12.0. The van der Waals surface area contributed by atoms with E-state index in [-0.39, 0.29) is 5.91 Å². The third kappa shape index (κ3) is 3.10. The van der Waals surface area contributed by atoms with Gasteiger partial charge in [-0.2, -0.15) is 0 Å². The van der Waals surface area contributed by atoms with Crippen LogP contribution in [0.4, 0.5) is 5.69 Å². The first kappa shape index (κ1) is 12.2. The normalized spacial score (nSPS) is 9.83. The van der Waals surface area contributed by atoms with Gasteiger partial charge in [0.25, 0.3) is 5.91 Å². The average Bonchev–Trinajstić information content (AvgIpc) is 2.40. The number of rotatable bonds is 4. The lowest BCUT2D eigenvalue weighted by Crippen LogP contribution is -2.11. The van der Waals surface area contributed by atoms with Gasteiger partial charge in [-0.3, -0.25) is 4.79 Å². The van der Waals surface area contributed by atoms with Gasteiger partial charge in [-0.1, -0.05) is 24.3 Å². The molecule has 2 aromatic rings. The minimum absolute atomic E-state index is 0.136. The smallest absolute Gasteiger partial charge is 0.255 e. The van der Waals surface area contributed by atoms with Crippen LogP contribution in [0.25, 0.3) is 0 Å². The highest BCUT2D eigenvalue weighted by atomic mass is 16.5. The molecular weight excluding hydrogens is 226 g/mol. The summed E-state index contributed by atoms with van der Waals surface area (Å²) < 4.78 is 5.37. The van der Waals surface area contributed by atoms with E-state index in [1.54, 1.807) is 12.1 Å². The maximum absolute atomic E-state index is 12.0. The molecule has 2 aromatic carbocycles. The number of carbonyl (C=O) groups excluding carboxylic acids is 1. The molecule has 0 aliphatic heterocycles. The number of carbonyl (C=O) groups is 1. The van der Waals surface area contributed by atoms with Crippen molar-refractivity contribution in [2.45, 2.75) is 6.92 Å². The van der Waals surface area contributed by atoms with Gasteiger partial charge in [0.15, 0.2) is 0 Å². The highest BCUT2D eigenvalue weighted by Gasteiger charge is 2.06. The minimum Gasteiger partial charge on any atom is -0.494 e. The molecular formula is C15H15NO2. The summed E-state index contributed by atoms with van der Waals surface area (Å²) in [5.74, 6) is 0.570. The van der Waals surface area contributed by atoms with Crippen LogP contribution in [0.15, 0.2) is 54.6 Å². The van der Waals surface area contributed by atoms with Gasteiger partial charge < -0.3 is 10.1 Å². The Balaban J connectivity index is 2.11. The molecule has 0 atom stereocenters. The first-order valence-electron chi connectivity index (χ1n) is 5.89. The fourth-order valence-electron chi connectivity index (χ4n) is 1.62. The number of hydrogen-bond donors (Lipinski definition) is 1. The lowest BCUT2D eigenvalue weighted by atomic mass is 10.2. The zero-order valence-corrected chi connectivity index (χ0v) is 10.2. The van der Waals surface area contributed by atoms with Crippen molar-refractivity contribution in [2.24, 2.45) is 0 Å². The highest BCUT2D eigenvalue weighted by molar-refractivity contribution is 6.04. The van der Waals surface area contributed by atoms with Gasteiger partial charge in [0.05, 0.1) is 6.61 Å². The van der Waals surface area contributed by atoms with E-state index in [0.717, 1.165) is 5.69 Å². The number of anilines is 1. The summed E-state index contributed by atoms with van der Waals surface area (Å²) in [7, 11) is 0. The van der Waals surface area contributed by atoms with Crippen LogP contribution in [0.5, 0.6) is 5.75 Å². The molecule has 0 heterocycles. The third-order valence-corrected chi connectivity index (χ3v) is 2.44. The number of ether oxygens (including phenoxy) is 1. The maximum Gasteiger partial charge on any atom is 0.255 e. The van der Waals surface area contributed by atoms with E-state index in [1.807, 2.05) is 49.4 Å². The molecule has 0 unspecified atom stereocenters. The van der Waals surface area contributed by atoms with Crippen LogP contribution < -0.4 is 10.1 Å². The number of hydrogen-bond acceptors (Lipinski definition) is 2. The Morgan fingerprint density at radius 2 is 1.89 bits per heavy atom. The Morgan fingerprint density at radius 3 is 2.61 bits per heavy atom. The lowest BCUT2D eigenvalue weighted by Gasteiger charge is -2.07. The highest BCUT2D eigenvalue weighted by Crippen LogP contribution is 2.15. The Hall–Kier alpha value is -2.29. The molecule has 18 heavy (non-hydrogen) atoms. The fraction of sp³-hybridized carbons (Fsp3) is 0.133. The molecule has 0 fully saturated rings. The largest absolute Gasteiger partial charge is 0.494 e. The number of para-hydroxylation sites is 1. The molecule has 0 aliphatic rings. The summed E-state index contributed by atoms with van der Waals surface area (Å²) in [6.07, 6.45) is 0. The molecule has 0 radical (unpaired) electrons. The van der Waals surface area contributed by atoms with Crippen LogP contribution in [0, 0.1) is 0 Å². The summed E-state index contributed by atoms with van der Waals surface area (Å²) in [6, 6.07) is 16.5. The van der Waals surface area contributed by atoms with Crippen LogP contribution in [0.2, 0.25) is 0 Å². The van der Waals surface area contributed by atoms with E-state index in [0.29, 0.717) is 17.9 Å². The molecule has 0 bridgehead atoms. The molecule has 0 saturated carbocycles. The topological polar surface area (TPSA) is 38.3 Å². The summed E-state index contributed by atoms with van der Waals surface area (Å²) in [4.78, 5) is 12.0. The Morgan fingerprint density at radius 1 is 1.11 bits per heavy atom. The van der Waals surface area contributed by atoms with Crippen molar-refractivity contribution in [2.75, 3.05) is 11.9 Å². The molecule has 1 N–H and O–H groups in total. The van der Waals surface area contributed by atoms with E-state index in [4.69, 9.17) is 4.74 Å².